The Balaban J connectivity index is 0.00000256. The van der Waals surface area contributed by atoms with Crippen molar-refractivity contribution in [1.29, 1.82) is 0 Å². The topological polar surface area (TPSA) is 138 Å². The van der Waals surface area contributed by atoms with Crippen molar-refractivity contribution in [1.82, 2.24) is 19.7 Å². The van der Waals surface area contributed by atoms with Gasteiger partial charge in [0.25, 0.3) is 11.8 Å². The monoisotopic (exact) mass is 432 g/mol. The van der Waals surface area contributed by atoms with Gasteiger partial charge in [-0.1, -0.05) is 0 Å². The minimum absolute atomic E-state index is 0. The lowest BCUT2D eigenvalue weighted by molar-refractivity contribution is 0.0661. The van der Waals surface area contributed by atoms with Crippen molar-refractivity contribution in [2.75, 3.05) is 18.5 Å². The summed E-state index contributed by atoms with van der Waals surface area (Å²) >= 11 is 0. The van der Waals surface area contributed by atoms with E-state index in [0.29, 0.717) is 24.7 Å². The minimum atomic E-state index is -0.723. The highest BCUT2D eigenvalue weighted by molar-refractivity contribution is 6.07. The van der Waals surface area contributed by atoms with Gasteiger partial charge < -0.3 is 20.2 Å². The summed E-state index contributed by atoms with van der Waals surface area (Å²) in [5, 5.41) is 6.92. The van der Waals surface area contributed by atoms with Crippen LogP contribution in [0.4, 0.5) is 5.69 Å². The highest BCUT2D eigenvalue weighted by Gasteiger charge is 2.23. The molecule has 0 spiro atoms. The number of nitrogens with two attached hydrogens (primary N) is 1. The zero-order chi connectivity index (χ0) is 20.4. The molecule has 10 nitrogen and oxygen atoms in total. The maximum atomic E-state index is 12.6. The second-order valence-corrected chi connectivity index (χ2v) is 6.76. The molecule has 3 N–H and O–H groups in total. The fourth-order valence-electron chi connectivity index (χ4n) is 3.18. The second-order valence-electron chi connectivity index (χ2n) is 6.76. The van der Waals surface area contributed by atoms with E-state index in [4.69, 9.17) is 14.9 Å². The number of pyridine rings is 1. The summed E-state index contributed by atoms with van der Waals surface area (Å²) in [4.78, 5) is 32.8. The lowest BCUT2D eigenvalue weighted by Gasteiger charge is -2.22. The molecule has 0 saturated carbocycles. The van der Waals surface area contributed by atoms with Gasteiger partial charge in [-0.05, 0) is 31.9 Å². The second kappa shape index (κ2) is 9.06. The Morgan fingerprint density at radius 3 is 2.77 bits per heavy atom. The molecule has 1 saturated heterocycles. The highest BCUT2D eigenvalue weighted by atomic mass is 35.5. The van der Waals surface area contributed by atoms with Gasteiger partial charge >= 0.3 is 0 Å². The molecule has 2 amide bonds. The number of aromatic nitrogens is 4. The molecule has 1 fully saturated rings. The van der Waals surface area contributed by atoms with Crippen LogP contribution in [-0.2, 0) is 4.74 Å². The van der Waals surface area contributed by atoms with Crippen LogP contribution < -0.4 is 11.1 Å². The first-order valence-corrected chi connectivity index (χ1v) is 9.18. The number of hydrogen-bond acceptors (Lipinski definition) is 7. The number of anilines is 1. The number of nitrogens with one attached hydrogen (secondary N) is 1. The quantitative estimate of drug-likeness (QED) is 0.630. The van der Waals surface area contributed by atoms with E-state index in [1.54, 1.807) is 29.2 Å². The SMILES string of the molecule is Cc1cc(-c2nc(C(=O)Nc3cn(C4CCOCC4)nc3C(N)=O)co2)ccn1.Cl. The Hall–Kier alpha value is -3.24. The van der Waals surface area contributed by atoms with E-state index in [0.717, 1.165) is 18.5 Å². The number of nitrogens with zero attached hydrogens (tertiary/aromatic N) is 4. The maximum absolute atomic E-state index is 12.6. The predicted octanol–water partition coefficient (Wildman–Crippen LogP) is 2.37. The van der Waals surface area contributed by atoms with Crippen molar-refractivity contribution >= 4 is 29.9 Å². The van der Waals surface area contributed by atoms with Crippen molar-refractivity contribution in [3.63, 3.8) is 0 Å². The predicted molar refractivity (Wildman–Crippen MR) is 110 cm³/mol. The van der Waals surface area contributed by atoms with Crippen LogP contribution in [0.1, 0.15) is 45.6 Å². The van der Waals surface area contributed by atoms with Gasteiger partial charge in [0.15, 0.2) is 11.4 Å². The largest absolute Gasteiger partial charge is 0.444 e. The van der Waals surface area contributed by atoms with E-state index >= 15 is 0 Å². The molecule has 4 heterocycles. The summed E-state index contributed by atoms with van der Waals surface area (Å²) in [6.07, 6.45) is 6.05. The normalized spacial score (nSPS) is 14.2. The fourth-order valence-corrected chi connectivity index (χ4v) is 3.18. The number of rotatable bonds is 5. The fraction of sp³-hybridized carbons (Fsp3) is 0.316. The van der Waals surface area contributed by atoms with Gasteiger partial charge in [0, 0.05) is 36.9 Å². The Kier molecular flexibility index (Phi) is 6.48. The molecule has 0 aromatic carbocycles. The molecule has 158 valence electrons. The third kappa shape index (κ3) is 4.50. The van der Waals surface area contributed by atoms with Crippen LogP contribution in [0.3, 0.4) is 0 Å². The smallest absolute Gasteiger partial charge is 0.277 e. The van der Waals surface area contributed by atoms with Gasteiger partial charge in [-0.15, -0.1) is 12.4 Å². The van der Waals surface area contributed by atoms with Crippen LogP contribution in [-0.4, -0.2) is 44.8 Å². The number of halogens is 1. The van der Waals surface area contributed by atoms with Crippen LogP contribution in [0.2, 0.25) is 0 Å². The first kappa shape index (κ1) is 21.5. The molecule has 0 radical (unpaired) electrons. The lowest BCUT2D eigenvalue weighted by Crippen LogP contribution is -2.21. The standard InChI is InChI=1S/C19H20N6O4.ClH/c1-11-8-12(2-5-21-11)19-23-15(10-29-19)18(27)22-14-9-25(24-16(14)17(20)26)13-3-6-28-7-4-13;/h2,5,8-10,13H,3-4,6-7H2,1H3,(H2,20,26)(H,22,27);1H. The zero-order valence-electron chi connectivity index (χ0n) is 16.2. The summed E-state index contributed by atoms with van der Waals surface area (Å²) in [5.41, 5.74) is 7.26. The molecule has 11 heteroatoms. The van der Waals surface area contributed by atoms with Crippen LogP contribution in [0.5, 0.6) is 0 Å². The summed E-state index contributed by atoms with van der Waals surface area (Å²) in [7, 11) is 0. The number of carbonyl (C=O) groups excluding carboxylic acids is 2. The number of oxazole rings is 1. The van der Waals surface area contributed by atoms with Crippen molar-refractivity contribution in [2.45, 2.75) is 25.8 Å². The van der Waals surface area contributed by atoms with E-state index < -0.39 is 11.8 Å². The average molecular weight is 433 g/mol. The van der Waals surface area contributed by atoms with E-state index in [-0.39, 0.29) is 35.5 Å². The van der Waals surface area contributed by atoms with Gasteiger partial charge in [-0.3, -0.25) is 19.3 Å². The van der Waals surface area contributed by atoms with Crippen molar-refractivity contribution in [2.24, 2.45) is 5.73 Å². The molecule has 4 rings (SSSR count). The van der Waals surface area contributed by atoms with E-state index in [1.165, 1.54) is 6.26 Å². The molecule has 0 unspecified atom stereocenters. The average Bonchev–Trinajstić information content (AvgIpc) is 3.36. The summed E-state index contributed by atoms with van der Waals surface area (Å²) in [6.45, 7) is 3.09. The molecule has 1 aliphatic rings. The Labute approximate surface area is 178 Å². The third-order valence-corrected chi connectivity index (χ3v) is 4.66. The van der Waals surface area contributed by atoms with E-state index in [9.17, 15) is 9.59 Å². The summed E-state index contributed by atoms with van der Waals surface area (Å²) in [6, 6.07) is 3.63. The van der Waals surface area contributed by atoms with Crippen molar-refractivity contribution in [3.8, 4) is 11.5 Å². The van der Waals surface area contributed by atoms with E-state index in [2.05, 4.69) is 20.4 Å². The van der Waals surface area contributed by atoms with Crippen LogP contribution >= 0.6 is 12.4 Å². The molecule has 0 aliphatic carbocycles. The van der Waals surface area contributed by atoms with Gasteiger partial charge in [0.05, 0.1) is 11.7 Å². The summed E-state index contributed by atoms with van der Waals surface area (Å²) < 4.78 is 12.4. The van der Waals surface area contributed by atoms with Gasteiger partial charge in [-0.2, -0.15) is 5.10 Å². The molecule has 0 bridgehead atoms. The van der Waals surface area contributed by atoms with Crippen LogP contribution in [0, 0.1) is 6.92 Å². The first-order chi connectivity index (χ1) is 14.0. The number of primary amides is 1. The number of ether oxygens (including phenoxy) is 1. The maximum Gasteiger partial charge on any atom is 0.277 e. The molecule has 0 atom stereocenters. The van der Waals surface area contributed by atoms with Crippen LogP contribution in [0.15, 0.2) is 35.2 Å². The van der Waals surface area contributed by atoms with Gasteiger partial charge in [-0.25, -0.2) is 4.98 Å². The Bertz CT molecular complexity index is 1060. The van der Waals surface area contributed by atoms with Crippen LogP contribution in [0.25, 0.3) is 11.5 Å². The molecular weight excluding hydrogens is 412 g/mol. The first-order valence-electron chi connectivity index (χ1n) is 9.18. The molecule has 3 aromatic heterocycles. The number of hydrogen-bond donors (Lipinski definition) is 2. The summed E-state index contributed by atoms with van der Waals surface area (Å²) in [5.74, 6) is -0.951. The van der Waals surface area contributed by atoms with Gasteiger partial charge in [0.2, 0.25) is 5.89 Å². The van der Waals surface area contributed by atoms with E-state index in [1.807, 2.05) is 6.92 Å². The van der Waals surface area contributed by atoms with Gasteiger partial charge in [0.1, 0.15) is 6.26 Å². The third-order valence-electron chi connectivity index (χ3n) is 4.66. The zero-order valence-corrected chi connectivity index (χ0v) is 17.0. The Morgan fingerprint density at radius 1 is 1.30 bits per heavy atom. The Morgan fingerprint density at radius 2 is 2.07 bits per heavy atom. The number of aryl methyl sites for hydroxylation is 1. The molecule has 1 aliphatic heterocycles. The molecular formula is C19H21ClN6O4. The van der Waals surface area contributed by atoms with Crippen molar-refractivity contribution in [3.05, 3.63) is 47.9 Å². The minimum Gasteiger partial charge on any atom is -0.444 e. The molecule has 3 aromatic rings. The number of amides is 2. The lowest BCUT2D eigenvalue weighted by atomic mass is 10.1. The highest BCUT2D eigenvalue weighted by Crippen LogP contribution is 2.25. The van der Waals surface area contributed by atoms with Crippen molar-refractivity contribution < 1.29 is 18.7 Å². The molecule has 30 heavy (non-hydrogen) atoms. The number of carbonyl (C=O) groups is 2.